The Bertz CT molecular complexity index is 329. The second kappa shape index (κ2) is 6.07. The lowest BCUT2D eigenvalue weighted by molar-refractivity contribution is 0.0965. The Balaban J connectivity index is 1.85. The highest BCUT2D eigenvalue weighted by molar-refractivity contribution is 5.14. The molecule has 1 fully saturated rings. The van der Waals surface area contributed by atoms with Crippen LogP contribution in [0.25, 0.3) is 0 Å². The van der Waals surface area contributed by atoms with Gasteiger partial charge in [-0.05, 0) is 5.56 Å². The van der Waals surface area contributed by atoms with Crippen molar-refractivity contribution in [3.63, 3.8) is 0 Å². The van der Waals surface area contributed by atoms with Crippen LogP contribution in [0, 0.1) is 0 Å². The van der Waals surface area contributed by atoms with E-state index in [1.54, 1.807) is 0 Å². The second-order valence-electron chi connectivity index (χ2n) is 4.50. The number of nitrogens with one attached hydrogen (secondary N) is 1. The van der Waals surface area contributed by atoms with E-state index in [0.29, 0.717) is 6.54 Å². The first-order valence-corrected chi connectivity index (χ1v) is 6.02. The number of rotatable bonds is 4. The van der Waals surface area contributed by atoms with Crippen LogP contribution in [0.4, 0.5) is 8.78 Å². The van der Waals surface area contributed by atoms with Gasteiger partial charge in [0.1, 0.15) is 0 Å². The summed E-state index contributed by atoms with van der Waals surface area (Å²) in [6.45, 7) is 3.28. The highest BCUT2D eigenvalue weighted by atomic mass is 19.3. The minimum absolute atomic E-state index is 0.0503. The standard InChI is InChI=1S/C13H18F2N2/c14-13(15)8-12-10-17(7-6-16-12)9-11-4-2-1-3-5-11/h1-5,12-13,16H,6-10H2. The molecule has 0 bridgehead atoms. The van der Waals surface area contributed by atoms with E-state index in [-0.39, 0.29) is 12.5 Å². The van der Waals surface area contributed by atoms with E-state index in [0.717, 1.165) is 19.6 Å². The van der Waals surface area contributed by atoms with Crippen molar-refractivity contribution in [2.24, 2.45) is 0 Å². The van der Waals surface area contributed by atoms with Crippen molar-refractivity contribution in [3.05, 3.63) is 35.9 Å². The smallest absolute Gasteiger partial charge is 0.240 e. The van der Waals surface area contributed by atoms with Gasteiger partial charge in [0.2, 0.25) is 6.43 Å². The van der Waals surface area contributed by atoms with Crippen LogP contribution in [-0.4, -0.2) is 37.0 Å². The summed E-state index contributed by atoms with van der Waals surface area (Å²) < 4.78 is 24.6. The molecule has 1 saturated heterocycles. The van der Waals surface area contributed by atoms with Gasteiger partial charge in [-0.25, -0.2) is 8.78 Å². The van der Waals surface area contributed by atoms with Crippen molar-refractivity contribution in [3.8, 4) is 0 Å². The van der Waals surface area contributed by atoms with Crippen LogP contribution < -0.4 is 5.32 Å². The predicted octanol–water partition coefficient (Wildman–Crippen LogP) is 2.12. The molecular weight excluding hydrogens is 222 g/mol. The third-order valence-electron chi connectivity index (χ3n) is 3.05. The van der Waals surface area contributed by atoms with E-state index >= 15 is 0 Å². The van der Waals surface area contributed by atoms with Gasteiger partial charge in [0, 0.05) is 38.6 Å². The topological polar surface area (TPSA) is 15.3 Å². The average molecular weight is 240 g/mol. The lowest BCUT2D eigenvalue weighted by atomic mass is 10.1. The lowest BCUT2D eigenvalue weighted by Crippen LogP contribution is -2.50. The molecule has 0 radical (unpaired) electrons. The summed E-state index contributed by atoms with van der Waals surface area (Å²) in [7, 11) is 0. The molecule has 0 aromatic heterocycles. The molecule has 0 spiro atoms. The zero-order chi connectivity index (χ0) is 12.1. The van der Waals surface area contributed by atoms with Crippen LogP contribution in [0.5, 0.6) is 0 Å². The molecule has 1 N–H and O–H groups in total. The molecule has 1 aliphatic rings. The summed E-state index contributed by atoms with van der Waals surface area (Å²) in [5, 5.41) is 3.14. The summed E-state index contributed by atoms with van der Waals surface area (Å²) in [6, 6.07) is 10.1. The van der Waals surface area contributed by atoms with Crippen LogP contribution in [-0.2, 0) is 6.54 Å². The molecule has 1 heterocycles. The highest BCUT2D eigenvalue weighted by Gasteiger charge is 2.22. The van der Waals surface area contributed by atoms with Crippen LogP contribution >= 0.6 is 0 Å². The summed E-state index contributed by atoms with van der Waals surface area (Å²) >= 11 is 0. The quantitative estimate of drug-likeness (QED) is 0.867. The number of hydrogen-bond donors (Lipinski definition) is 1. The predicted molar refractivity (Wildman–Crippen MR) is 64.1 cm³/mol. The normalized spacial score (nSPS) is 21.9. The highest BCUT2D eigenvalue weighted by Crippen LogP contribution is 2.11. The van der Waals surface area contributed by atoms with E-state index in [1.165, 1.54) is 5.56 Å². The fraction of sp³-hybridized carbons (Fsp3) is 0.538. The molecule has 1 unspecified atom stereocenters. The fourth-order valence-corrected chi connectivity index (χ4v) is 2.25. The largest absolute Gasteiger partial charge is 0.311 e. The van der Waals surface area contributed by atoms with Gasteiger partial charge < -0.3 is 5.32 Å². The molecule has 4 heteroatoms. The van der Waals surface area contributed by atoms with Crippen molar-refractivity contribution >= 4 is 0 Å². The van der Waals surface area contributed by atoms with Crippen molar-refractivity contribution in [1.82, 2.24) is 10.2 Å². The van der Waals surface area contributed by atoms with Gasteiger partial charge >= 0.3 is 0 Å². The Hall–Kier alpha value is -1.00. The molecule has 17 heavy (non-hydrogen) atoms. The summed E-state index contributed by atoms with van der Waals surface area (Å²) in [4.78, 5) is 2.24. The minimum Gasteiger partial charge on any atom is -0.311 e. The van der Waals surface area contributed by atoms with Gasteiger partial charge in [-0.15, -0.1) is 0 Å². The van der Waals surface area contributed by atoms with Crippen LogP contribution in [0.3, 0.4) is 0 Å². The molecule has 94 valence electrons. The molecule has 0 amide bonds. The third-order valence-corrected chi connectivity index (χ3v) is 3.05. The van der Waals surface area contributed by atoms with Gasteiger partial charge in [0.25, 0.3) is 0 Å². The molecule has 2 rings (SSSR count). The number of nitrogens with zero attached hydrogens (tertiary/aromatic N) is 1. The molecule has 0 saturated carbocycles. The van der Waals surface area contributed by atoms with Crippen molar-refractivity contribution in [2.75, 3.05) is 19.6 Å². The SMILES string of the molecule is FC(F)CC1CN(Cc2ccccc2)CCN1. The molecule has 1 aromatic carbocycles. The maximum atomic E-state index is 12.3. The van der Waals surface area contributed by atoms with E-state index in [2.05, 4.69) is 22.3 Å². The second-order valence-corrected chi connectivity index (χ2v) is 4.50. The Morgan fingerprint density at radius 2 is 2.06 bits per heavy atom. The number of hydrogen-bond acceptors (Lipinski definition) is 2. The first-order chi connectivity index (χ1) is 8.24. The maximum Gasteiger partial charge on any atom is 0.240 e. The summed E-state index contributed by atoms with van der Waals surface area (Å²) in [6.07, 6.45) is -2.27. The van der Waals surface area contributed by atoms with E-state index in [9.17, 15) is 8.78 Å². The van der Waals surface area contributed by atoms with Crippen molar-refractivity contribution in [1.29, 1.82) is 0 Å². The summed E-state index contributed by atoms with van der Waals surface area (Å²) in [5.74, 6) is 0. The first kappa shape index (κ1) is 12.5. The third kappa shape index (κ3) is 4.06. The van der Waals surface area contributed by atoms with Gasteiger partial charge in [-0.1, -0.05) is 30.3 Å². The van der Waals surface area contributed by atoms with Crippen LogP contribution in [0.15, 0.2) is 30.3 Å². The van der Waals surface area contributed by atoms with Crippen molar-refractivity contribution in [2.45, 2.75) is 25.4 Å². The van der Waals surface area contributed by atoms with Gasteiger partial charge in [-0.2, -0.15) is 0 Å². The lowest BCUT2D eigenvalue weighted by Gasteiger charge is -2.33. The zero-order valence-corrected chi connectivity index (χ0v) is 9.78. The monoisotopic (exact) mass is 240 g/mol. The molecule has 2 nitrogen and oxygen atoms in total. The Labute approximate surface area is 101 Å². The average Bonchev–Trinajstić information content (AvgIpc) is 2.30. The number of halogens is 2. The van der Waals surface area contributed by atoms with Crippen LogP contribution in [0.2, 0.25) is 0 Å². The minimum atomic E-state index is -2.22. The number of piperazine rings is 1. The fourth-order valence-electron chi connectivity index (χ4n) is 2.25. The Kier molecular flexibility index (Phi) is 4.45. The molecular formula is C13H18F2N2. The number of benzene rings is 1. The molecule has 1 atom stereocenters. The van der Waals surface area contributed by atoms with E-state index < -0.39 is 6.43 Å². The molecule has 0 aliphatic carbocycles. The van der Waals surface area contributed by atoms with E-state index in [1.807, 2.05) is 18.2 Å². The first-order valence-electron chi connectivity index (χ1n) is 6.02. The maximum absolute atomic E-state index is 12.3. The van der Waals surface area contributed by atoms with Crippen LogP contribution in [0.1, 0.15) is 12.0 Å². The van der Waals surface area contributed by atoms with E-state index in [4.69, 9.17) is 0 Å². The van der Waals surface area contributed by atoms with Gasteiger partial charge in [0.05, 0.1) is 0 Å². The summed E-state index contributed by atoms with van der Waals surface area (Å²) in [5.41, 5.74) is 1.24. The molecule has 1 aliphatic heterocycles. The Morgan fingerprint density at radius 1 is 1.29 bits per heavy atom. The van der Waals surface area contributed by atoms with Gasteiger partial charge in [0.15, 0.2) is 0 Å². The molecule has 1 aromatic rings. The Morgan fingerprint density at radius 3 is 2.76 bits per heavy atom. The van der Waals surface area contributed by atoms with Crippen molar-refractivity contribution < 1.29 is 8.78 Å². The van der Waals surface area contributed by atoms with Gasteiger partial charge in [-0.3, -0.25) is 4.90 Å². The number of alkyl halides is 2. The zero-order valence-electron chi connectivity index (χ0n) is 9.78.